The van der Waals surface area contributed by atoms with Crippen molar-refractivity contribution in [1.82, 2.24) is 0 Å². The molecule has 63 heavy (non-hydrogen) atoms. The lowest BCUT2D eigenvalue weighted by molar-refractivity contribution is -0.167. The van der Waals surface area contributed by atoms with Gasteiger partial charge < -0.3 is 14.2 Å². The lowest BCUT2D eigenvalue weighted by atomic mass is 10.1. The number of carbonyl (C=O) groups is 3. The maximum Gasteiger partial charge on any atom is 0.306 e. The zero-order chi connectivity index (χ0) is 45.8. The summed E-state index contributed by atoms with van der Waals surface area (Å²) in [5.74, 6) is -1.02. The van der Waals surface area contributed by atoms with Crippen LogP contribution in [-0.2, 0) is 28.6 Å². The van der Waals surface area contributed by atoms with Crippen LogP contribution in [0.3, 0.4) is 0 Å². The summed E-state index contributed by atoms with van der Waals surface area (Å²) in [5.41, 5.74) is 0. The zero-order valence-electron chi connectivity index (χ0n) is 40.5. The van der Waals surface area contributed by atoms with Crippen LogP contribution in [0.25, 0.3) is 0 Å². The van der Waals surface area contributed by atoms with Crippen molar-refractivity contribution in [2.75, 3.05) is 13.2 Å². The molecule has 0 radical (unpaired) electrons. The standard InChI is InChI=1S/C57H92O6/c1-4-7-10-13-16-19-22-25-27-29-32-35-38-41-44-47-50-56(59)62-53-54(52-61-55(58)49-46-43-40-37-34-31-24-21-18-15-12-9-6-3)63-57(60)51-48-45-42-39-36-33-30-28-26-23-20-17-14-11-8-5-2/h7,9-10,12,15-16,18-19,21,24-25,27-28,30-31,34,37,40,54H,4-6,8,11,13-14,17,20,22-23,26,29,32-33,35-36,38-39,41-53H2,1-3H3/b10-7+,12-9+,18-15+,19-16+,24-21+,27-25+,30-28+,34-31+,40-37+. The Kier molecular flexibility index (Phi) is 47.5. The van der Waals surface area contributed by atoms with Gasteiger partial charge in [-0.3, -0.25) is 14.4 Å². The van der Waals surface area contributed by atoms with Crippen molar-refractivity contribution >= 4 is 17.9 Å². The fourth-order valence-corrected chi connectivity index (χ4v) is 6.60. The Morgan fingerprint density at radius 1 is 0.349 bits per heavy atom. The van der Waals surface area contributed by atoms with Crippen LogP contribution in [0.4, 0.5) is 0 Å². The molecule has 0 fully saturated rings. The van der Waals surface area contributed by atoms with Gasteiger partial charge in [-0.15, -0.1) is 0 Å². The predicted molar refractivity (Wildman–Crippen MR) is 270 cm³/mol. The minimum Gasteiger partial charge on any atom is -0.462 e. The number of carbonyl (C=O) groups excluding carboxylic acids is 3. The summed E-state index contributed by atoms with van der Waals surface area (Å²) < 4.78 is 16.7. The highest BCUT2D eigenvalue weighted by molar-refractivity contribution is 5.71. The lowest BCUT2D eigenvalue weighted by Gasteiger charge is -2.18. The number of esters is 3. The summed E-state index contributed by atoms with van der Waals surface area (Å²) in [7, 11) is 0. The van der Waals surface area contributed by atoms with Crippen molar-refractivity contribution in [2.45, 2.75) is 219 Å². The van der Waals surface area contributed by atoms with E-state index >= 15 is 0 Å². The van der Waals surface area contributed by atoms with Crippen LogP contribution in [0.5, 0.6) is 0 Å². The molecule has 0 amide bonds. The van der Waals surface area contributed by atoms with Gasteiger partial charge in [-0.1, -0.05) is 214 Å². The number of unbranched alkanes of at least 4 members (excludes halogenated alkanes) is 19. The summed E-state index contributed by atoms with van der Waals surface area (Å²) in [4.78, 5) is 37.9. The summed E-state index contributed by atoms with van der Waals surface area (Å²) in [6.07, 6.45) is 67.9. The highest BCUT2D eigenvalue weighted by atomic mass is 16.6. The molecule has 0 spiro atoms. The van der Waals surface area contributed by atoms with Crippen LogP contribution in [-0.4, -0.2) is 37.2 Å². The van der Waals surface area contributed by atoms with E-state index in [4.69, 9.17) is 14.2 Å². The number of allylic oxidation sites excluding steroid dienone is 18. The van der Waals surface area contributed by atoms with E-state index in [0.29, 0.717) is 19.3 Å². The van der Waals surface area contributed by atoms with Gasteiger partial charge in [0, 0.05) is 19.3 Å². The molecule has 0 aliphatic carbocycles. The van der Waals surface area contributed by atoms with E-state index in [1.807, 2.05) is 54.7 Å². The molecule has 0 rings (SSSR count). The smallest absolute Gasteiger partial charge is 0.306 e. The van der Waals surface area contributed by atoms with Gasteiger partial charge in [0.2, 0.25) is 0 Å². The Balaban J connectivity index is 4.52. The zero-order valence-corrected chi connectivity index (χ0v) is 40.5. The molecular weight excluding hydrogens is 781 g/mol. The van der Waals surface area contributed by atoms with E-state index in [1.54, 1.807) is 0 Å². The summed E-state index contributed by atoms with van der Waals surface area (Å²) in [6.45, 7) is 6.28. The largest absolute Gasteiger partial charge is 0.462 e. The van der Waals surface area contributed by atoms with E-state index in [9.17, 15) is 14.4 Å². The molecule has 6 heteroatoms. The van der Waals surface area contributed by atoms with Crippen LogP contribution in [0.15, 0.2) is 109 Å². The molecule has 0 saturated carbocycles. The third-order valence-corrected chi connectivity index (χ3v) is 10.4. The normalized spacial score (nSPS) is 13.0. The third kappa shape index (κ3) is 49.0. The van der Waals surface area contributed by atoms with Crippen molar-refractivity contribution < 1.29 is 28.6 Å². The number of ether oxygens (including phenoxy) is 3. The van der Waals surface area contributed by atoms with Gasteiger partial charge in [-0.25, -0.2) is 0 Å². The van der Waals surface area contributed by atoms with E-state index in [0.717, 1.165) is 96.3 Å². The first kappa shape index (κ1) is 59.1. The van der Waals surface area contributed by atoms with Crippen molar-refractivity contribution in [2.24, 2.45) is 0 Å². The van der Waals surface area contributed by atoms with Crippen molar-refractivity contribution in [1.29, 1.82) is 0 Å². The highest BCUT2D eigenvalue weighted by Crippen LogP contribution is 2.13. The van der Waals surface area contributed by atoms with Gasteiger partial charge in [-0.05, 0) is 89.9 Å². The number of hydrogen-bond acceptors (Lipinski definition) is 6. The second kappa shape index (κ2) is 50.7. The Labute approximate surface area is 387 Å². The quantitative estimate of drug-likeness (QED) is 0.0199. The van der Waals surface area contributed by atoms with Crippen LogP contribution in [0.1, 0.15) is 213 Å². The molecular formula is C57H92O6. The summed E-state index contributed by atoms with van der Waals surface area (Å²) in [6, 6.07) is 0. The van der Waals surface area contributed by atoms with Gasteiger partial charge in [0.25, 0.3) is 0 Å². The third-order valence-electron chi connectivity index (χ3n) is 10.4. The minimum absolute atomic E-state index is 0.113. The molecule has 1 atom stereocenters. The van der Waals surface area contributed by atoms with Crippen molar-refractivity contribution in [3.8, 4) is 0 Å². The molecule has 0 aromatic carbocycles. The summed E-state index contributed by atoms with van der Waals surface area (Å²) in [5, 5.41) is 0. The van der Waals surface area contributed by atoms with Gasteiger partial charge >= 0.3 is 17.9 Å². The molecule has 0 bridgehead atoms. The maximum atomic E-state index is 12.8. The van der Waals surface area contributed by atoms with E-state index < -0.39 is 6.10 Å². The van der Waals surface area contributed by atoms with Gasteiger partial charge in [0.05, 0.1) is 0 Å². The Morgan fingerprint density at radius 3 is 1.22 bits per heavy atom. The second-order valence-corrected chi connectivity index (χ2v) is 16.4. The Bertz CT molecular complexity index is 1330. The first-order valence-electron chi connectivity index (χ1n) is 25.5. The van der Waals surface area contributed by atoms with Gasteiger partial charge in [0.1, 0.15) is 13.2 Å². The Hall–Kier alpha value is -3.93. The van der Waals surface area contributed by atoms with Crippen LogP contribution in [0.2, 0.25) is 0 Å². The molecule has 0 aromatic rings. The molecule has 0 N–H and O–H groups in total. The van der Waals surface area contributed by atoms with E-state index in [1.165, 1.54) is 70.6 Å². The fraction of sp³-hybridized carbons (Fsp3) is 0.632. The number of rotatable bonds is 44. The highest BCUT2D eigenvalue weighted by Gasteiger charge is 2.19. The monoisotopic (exact) mass is 873 g/mol. The Morgan fingerprint density at radius 2 is 0.714 bits per heavy atom. The van der Waals surface area contributed by atoms with Crippen LogP contribution >= 0.6 is 0 Å². The topological polar surface area (TPSA) is 78.9 Å². The molecule has 0 aliphatic rings. The first-order valence-corrected chi connectivity index (χ1v) is 25.5. The molecule has 0 aromatic heterocycles. The van der Waals surface area contributed by atoms with Gasteiger partial charge in [-0.2, -0.15) is 0 Å². The van der Waals surface area contributed by atoms with E-state index in [2.05, 4.69) is 75.5 Å². The molecule has 1 unspecified atom stereocenters. The first-order chi connectivity index (χ1) is 31.0. The van der Waals surface area contributed by atoms with Crippen LogP contribution < -0.4 is 0 Å². The molecule has 0 saturated heterocycles. The second-order valence-electron chi connectivity index (χ2n) is 16.4. The van der Waals surface area contributed by atoms with Crippen molar-refractivity contribution in [3.05, 3.63) is 109 Å². The average Bonchev–Trinajstić information content (AvgIpc) is 3.28. The SMILES string of the molecule is CC/C=C/C=C/C=C/C=C/C=C/CCCC(=O)OCC(COC(=O)CCCCCCCC/C=C/C/C=C/C/C=C/CC)OC(=O)CCCCCCC/C=C/CCCCCCCCC. The predicted octanol–water partition coefficient (Wildman–Crippen LogP) is 16.8. The number of hydrogen-bond donors (Lipinski definition) is 0. The maximum absolute atomic E-state index is 12.8. The lowest BCUT2D eigenvalue weighted by Crippen LogP contribution is -2.30. The molecule has 356 valence electrons. The summed E-state index contributed by atoms with van der Waals surface area (Å²) >= 11 is 0. The fourth-order valence-electron chi connectivity index (χ4n) is 6.60. The average molecular weight is 873 g/mol. The minimum atomic E-state index is -0.818. The molecule has 0 aliphatic heterocycles. The molecule has 6 nitrogen and oxygen atoms in total. The van der Waals surface area contributed by atoms with Crippen LogP contribution in [0, 0.1) is 0 Å². The molecule has 0 heterocycles. The van der Waals surface area contributed by atoms with E-state index in [-0.39, 0.29) is 37.5 Å². The van der Waals surface area contributed by atoms with Gasteiger partial charge in [0.15, 0.2) is 6.10 Å². The van der Waals surface area contributed by atoms with Crippen molar-refractivity contribution in [3.63, 3.8) is 0 Å².